The molecule has 3 aromatic rings. The van der Waals surface area contributed by atoms with Crippen molar-refractivity contribution >= 4 is 11.8 Å². The SMILES string of the molecule is CCOc1cc(C(=O)N2CC3CCC2COC3)ccc1C(=O)NC[C@@H](O)[C@@H]1Cc2ccc(OCc3ccnn3C3CCCC3)cc2CN1. The van der Waals surface area contributed by atoms with Gasteiger partial charge < -0.3 is 34.9 Å². The van der Waals surface area contributed by atoms with Crippen molar-refractivity contribution in [1.29, 1.82) is 0 Å². The van der Waals surface area contributed by atoms with Gasteiger partial charge in [0.1, 0.15) is 18.1 Å². The molecule has 2 bridgehead atoms. The molecular formula is C37H47N5O6. The number of ether oxygens (including phenoxy) is 3. The van der Waals surface area contributed by atoms with Crippen LogP contribution in [0.25, 0.3) is 0 Å². The van der Waals surface area contributed by atoms with Crippen molar-refractivity contribution < 1.29 is 28.9 Å². The minimum atomic E-state index is -0.800. The van der Waals surface area contributed by atoms with E-state index in [0.29, 0.717) is 74.8 Å². The van der Waals surface area contributed by atoms with E-state index in [9.17, 15) is 14.7 Å². The molecule has 1 aromatic heterocycles. The summed E-state index contributed by atoms with van der Waals surface area (Å²) in [6.45, 7) is 5.29. The normalized spacial score (nSPS) is 23.0. The molecule has 2 aromatic carbocycles. The highest BCUT2D eigenvalue weighted by Crippen LogP contribution is 2.31. The quantitative estimate of drug-likeness (QED) is 0.282. The number of aliphatic hydroxyl groups is 1. The van der Waals surface area contributed by atoms with Crippen molar-refractivity contribution in [2.75, 3.05) is 32.9 Å². The Morgan fingerprint density at radius 1 is 1.04 bits per heavy atom. The van der Waals surface area contributed by atoms with Crippen molar-refractivity contribution in [3.63, 3.8) is 0 Å². The smallest absolute Gasteiger partial charge is 0.255 e. The summed E-state index contributed by atoms with van der Waals surface area (Å²) in [5.74, 6) is 1.12. The van der Waals surface area contributed by atoms with Crippen LogP contribution in [0.3, 0.4) is 0 Å². The number of amides is 2. The van der Waals surface area contributed by atoms with Crippen molar-refractivity contribution in [3.8, 4) is 11.5 Å². The average molecular weight is 658 g/mol. The van der Waals surface area contributed by atoms with Crippen LogP contribution in [0.5, 0.6) is 11.5 Å². The van der Waals surface area contributed by atoms with Gasteiger partial charge in [0.15, 0.2) is 0 Å². The predicted octanol–water partition coefficient (Wildman–Crippen LogP) is 4.03. The number of piperidine rings is 1. The number of aliphatic hydroxyl groups excluding tert-OH is 1. The second-order valence-corrected chi connectivity index (χ2v) is 13.6. The number of carbonyl (C=O) groups is 2. The summed E-state index contributed by atoms with van der Waals surface area (Å²) in [6.07, 6.45) is 8.58. The standard InChI is InChI=1S/C37H47N5O6/c1-2-47-35-17-26(37(45)41-20-24-7-10-29(41)22-46-21-24)9-12-32(35)36(44)39-19-34(43)33-16-25-8-11-31(15-27(25)18-38-33)48-23-30-13-14-40-42(30)28-5-3-4-6-28/h8-9,11-15,17,24,28-29,33-34,38,43H,2-7,10,16,18-23H2,1H3,(H,39,44)/t24?,29?,33-,34+/m0/s1. The molecule has 11 heteroatoms. The van der Waals surface area contributed by atoms with Crippen molar-refractivity contribution in [2.24, 2.45) is 5.92 Å². The highest BCUT2D eigenvalue weighted by Gasteiger charge is 2.35. The van der Waals surface area contributed by atoms with Gasteiger partial charge in [0.05, 0.1) is 49.3 Å². The fourth-order valence-corrected chi connectivity index (χ4v) is 7.72. The fourth-order valence-electron chi connectivity index (χ4n) is 7.72. The zero-order valence-corrected chi connectivity index (χ0v) is 27.7. The number of aromatic nitrogens is 2. The molecule has 5 heterocycles. The van der Waals surface area contributed by atoms with Crippen LogP contribution in [0.4, 0.5) is 0 Å². The number of carbonyl (C=O) groups excluding carboxylic acids is 2. The van der Waals surface area contributed by atoms with Crippen molar-refractivity contribution in [2.45, 2.75) is 89.3 Å². The summed E-state index contributed by atoms with van der Waals surface area (Å²) < 4.78 is 19.9. The largest absolute Gasteiger partial charge is 0.493 e. The molecule has 4 fully saturated rings. The first-order valence-electron chi connectivity index (χ1n) is 17.6. The van der Waals surface area contributed by atoms with Gasteiger partial charge in [-0.2, -0.15) is 5.10 Å². The van der Waals surface area contributed by atoms with E-state index < -0.39 is 6.10 Å². The third-order valence-corrected chi connectivity index (χ3v) is 10.4. The first-order chi connectivity index (χ1) is 23.5. The lowest BCUT2D eigenvalue weighted by Crippen LogP contribution is -2.49. The van der Waals surface area contributed by atoms with E-state index in [-0.39, 0.29) is 30.4 Å². The number of hydrogen-bond acceptors (Lipinski definition) is 8. The number of nitrogens with one attached hydrogen (secondary N) is 2. The van der Waals surface area contributed by atoms with Crippen LogP contribution in [-0.4, -0.2) is 82.7 Å². The highest BCUT2D eigenvalue weighted by atomic mass is 16.5. The Hall–Kier alpha value is -3.93. The maximum absolute atomic E-state index is 13.5. The first-order valence-corrected chi connectivity index (χ1v) is 17.6. The number of hydrogen-bond donors (Lipinski definition) is 3. The summed E-state index contributed by atoms with van der Waals surface area (Å²) in [5.41, 5.74) is 4.21. The molecule has 0 spiro atoms. The van der Waals surface area contributed by atoms with Gasteiger partial charge in [0.2, 0.25) is 0 Å². The third kappa shape index (κ3) is 7.09. The zero-order chi connectivity index (χ0) is 33.0. The Morgan fingerprint density at radius 3 is 2.77 bits per heavy atom. The Bertz CT molecular complexity index is 1600. The number of rotatable bonds is 11. The number of nitrogens with zero attached hydrogens (tertiary/aromatic N) is 3. The lowest BCUT2D eigenvalue weighted by Gasteiger charge is -2.35. The van der Waals surface area contributed by atoms with Crippen LogP contribution < -0.4 is 20.1 Å². The summed E-state index contributed by atoms with van der Waals surface area (Å²) in [6, 6.07) is 13.5. The molecule has 2 unspecified atom stereocenters. The number of fused-ring (bicyclic) bond motifs is 5. The van der Waals surface area contributed by atoms with E-state index in [0.717, 1.165) is 35.4 Å². The Balaban J connectivity index is 0.930. The van der Waals surface area contributed by atoms with Crippen LogP contribution in [0.2, 0.25) is 0 Å². The Kier molecular flexibility index (Phi) is 9.97. The topological polar surface area (TPSA) is 127 Å². The zero-order valence-electron chi connectivity index (χ0n) is 27.7. The predicted molar refractivity (Wildman–Crippen MR) is 179 cm³/mol. The Morgan fingerprint density at radius 2 is 1.92 bits per heavy atom. The van der Waals surface area contributed by atoms with Crippen LogP contribution in [0.1, 0.15) is 89.0 Å². The molecule has 4 aliphatic heterocycles. The van der Waals surface area contributed by atoms with Gasteiger partial charge >= 0.3 is 0 Å². The van der Waals surface area contributed by atoms with Crippen molar-refractivity contribution in [1.82, 2.24) is 25.3 Å². The van der Waals surface area contributed by atoms with Gasteiger partial charge in [-0.15, -0.1) is 0 Å². The van der Waals surface area contributed by atoms with E-state index in [1.807, 2.05) is 30.2 Å². The van der Waals surface area contributed by atoms with Gasteiger partial charge in [-0.25, -0.2) is 0 Å². The van der Waals surface area contributed by atoms with Gasteiger partial charge in [-0.05, 0) is 92.5 Å². The maximum Gasteiger partial charge on any atom is 0.255 e. The van der Waals surface area contributed by atoms with Crippen LogP contribution in [0, 0.1) is 5.92 Å². The second kappa shape index (κ2) is 14.7. The molecular weight excluding hydrogens is 610 g/mol. The lowest BCUT2D eigenvalue weighted by molar-refractivity contribution is 0.0559. The molecule has 8 rings (SSSR count). The van der Waals surface area contributed by atoms with Gasteiger partial charge in [0.25, 0.3) is 11.8 Å². The second-order valence-electron chi connectivity index (χ2n) is 13.6. The molecule has 48 heavy (non-hydrogen) atoms. The molecule has 5 aliphatic rings. The Labute approximate surface area is 281 Å². The minimum absolute atomic E-state index is 0.0624. The fraction of sp³-hybridized carbons (Fsp3) is 0.541. The van der Waals surface area contributed by atoms with Crippen LogP contribution in [-0.2, 0) is 24.3 Å². The summed E-state index contributed by atoms with van der Waals surface area (Å²) in [7, 11) is 0. The van der Waals surface area contributed by atoms with Crippen LogP contribution >= 0.6 is 0 Å². The lowest BCUT2D eigenvalue weighted by atomic mass is 9.92. The molecule has 11 nitrogen and oxygen atoms in total. The molecule has 256 valence electrons. The number of benzene rings is 2. The van der Waals surface area contributed by atoms with E-state index in [1.54, 1.807) is 18.2 Å². The highest BCUT2D eigenvalue weighted by molar-refractivity contribution is 6.00. The van der Waals surface area contributed by atoms with E-state index in [4.69, 9.17) is 14.2 Å². The molecule has 3 saturated heterocycles. The summed E-state index contributed by atoms with van der Waals surface area (Å²) in [5, 5.41) is 21.9. The minimum Gasteiger partial charge on any atom is -0.493 e. The molecule has 3 N–H and O–H groups in total. The van der Waals surface area contributed by atoms with Crippen LogP contribution in [0.15, 0.2) is 48.7 Å². The summed E-state index contributed by atoms with van der Waals surface area (Å²) >= 11 is 0. The van der Waals surface area contributed by atoms with E-state index in [2.05, 4.69) is 32.5 Å². The summed E-state index contributed by atoms with van der Waals surface area (Å²) in [4.78, 5) is 28.7. The molecule has 2 amide bonds. The third-order valence-electron chi connectivity index (χ3n) is 10.4. The maximum atomic E-state index is 13.5. The van der Waals surface area contributed by atoms with Crippen molar-refractivity contribution in [3.05, 3.63) is 76.6 Å². The first kappa shape index (κ1) is 32.6. The molecule has 1 aliphatic carbocycles. The monoisotopic (exact) mass is 657 g/mol. The molecule has 0 radical (unpaired) electrons. The molecule has 1 saturated carbocycles. The van der Waals surface area contributed by atoms with Gasteiger partial charge in [0, 0.05) is 37.4 Å². The van der Waals surface area contributed by atoms with Gasteiger partial charge in [-0.3, -0.25) is 14.3 Å². The van der Waals surface area contributed by atoms with E-state index in [1.165, 1.54) is 25.7 Å². The molecule has 4 atom stereocenters. The van der Waals surface area contributed by atoms with Gasteiger partial charge in [-0.1, -0.05) is 18.9 Å². The van der Waals surface area contributed by atoms with E-state index >= 15 is 0 Å². The average Bonchev–Trinajstić information content (AvgIpc) is 3.72.